The molecule has 154 valence electrons. The first-order chi connectivity index (χ1) is 13.2. The molecule has 0 bridgehead atoms. The van der Waals surface area contributed by atoms with Gasteiger partial charge in [-0.15, -0.1) is 0 Å². The van der Waals surface area contributed by atoms with E-state index < -0.39 is 11.6 Å². The number of rotatable bonds is 5. The van der Waals surface area contributed by atoms with Gasteiger partial charge in [0.25, 0.3) is 0 Å². The molecular formula is C20H31N5O3. The molecule has 3 N–H and O–H groups in total. The molecule has 1 fully saturated rings. The molecule has 2 aromatic rings. The summed E-state index contributed by atoms with van der Waals surface area (Å²) in [5.41, 5.74) is 8.67. The lowest BCUT2D eigenvalue weighted by molar-refractivity contribution is 0.0616. The Bertz CT molecular complexity index is 834. The molecule has 1 amide bonds. The second kappa shape index (κ2) is 7.87. The van der Waals surface area contributed by atoms with E-state index in [1.54, 1.807) is 12.0 Å². The van der Waals surface area contributed by atoms with Crippen molar-refractivity contribution in [2.45, 2.75) is 51.7 Å². The minimum absolute atomic E-state index is 0.0194. The lowest BCUT2D eigenvalue weighted by Gasteiger charge is -2.44. The third-order valence-corrected chi connectivity index (χ3v) is 5.40. The van der Waals surface area contributed by atoms with E-state index in [1.807, 2.05) is 37.7 Å². The van der Waals surface area contributed by atoms with Crippen LogP contribution in [-0.4, -0.2) is 64.3 Å². The largest absolute Gasteiger partial charge is 0.465 e. The maximum Gasteiger partial charge on any atom is 0.407 e. The highest BCUT2D eigenvalue weighted by Crippen LogP contribution is 2.33. The van der Waals surface area contributed by atoms with Gasteiger partial charge < -0.3 is 25.4 Å². The van der Waals surface area contributed by atoms with Crippen molar-refractivity contribution in [1.82, 2.24) is 14.7 Å². The Kier molecular flexibility index (Phi) is 5.69. The number of carbonyl (C=O) groups is 1. The van der Waals surface area contributed by atoms with Crippen LogP contribution in [0, 0.1) is 0 Å². The number of nitrogens with two attached hydrogens (primary N) is 1. The molecule has 0 spiro atoms. The average molecular weight is 390 g/mol. The van der Waals surface area contributed by atoms with Crippen LogP contribution in [0.3, 0.4) is 0 Å². The fraction of sp³-hybridized carbons (Fsp3) is 0.600. The number of ether oxygens (including phenoxy) is 1. The summed E-state index contributed by atoms with van der Waals surface area (Å²) in [4.78, 5) is 15.6. The zero-order chi connectivity index (χ0) is 20.5. The molecule has 8 heteroatoms. The number of anilines is 2. The van der Waals surface area contributed by atoms with Crippen LogP contribution in [0.2, 0.25) is 0 Å². The second-order valence-corrected chi connectivity index (χ2v) is 8.37. The van der Waals surface area contributed by atoms with Crippen molar-refractivity contribution >= 4 is 28.4 Å². The molecule has 0 atom stereocenters. The van der Waals surface area contributed by atoms with Crippen LogP contribution in [-0.2, 0) is 11.3 Å². The molecule has 28 heavy (non-hydrogen) atoms. The van der Waals surface area contributed by atoms with Crippen LogP contribution in [0.5, 0.6) is 0 Å². The maximum atomic E-state index is 11.8. The van der Waals surface area contributed by atoms with Gasteiger partial charge in [-0.1, -0.05) is 0 Å². The van der Waals surface area contributed by atoms with E-state index in [1.165, 1.54) is 0 Å². The van der Waals surface area contributed by atoms with Gasteiger partial charge in [0.05, 0.1) is 36.2 Å². The highest BCUT2D eigenvalue weighted by Gasteiger charge is 2.35. The van der Waals surface area contributed by atoms with Crippen molar-refractivity contribution in [1.29, 1.82) is 0 Å². The summed E-state index contributed by atoms with van der Waals surface area (Å²) < 4.78 is 7.10. The molecule has 1 aliphatic rings. The Labute approximate surface area is 165 Å². The van der Waals surface area contributed by atoms with Crippen LogP contribution < -0.4 is 10.6 Å². The number of methoxy groups -OCH3 is 1. The van der Waals surface area contributed by atoms with E-state index in [2.05, 4.69) is 16.1 Å². The summed E-state index contributed by atoms with van der Waals surface area (Å²) in [6.45, 7) is 8.66. The first kappa shape index (κ1) is 20.3. The van der Waals surface area contributed by atoms with Crippen molar-refractivity contribution in [3.63, 3.8) is 0 Å². The Hall–Kier alpha value is -2.48. The van der Waals surface area contributed by atoms with Crippen LogP contribution >= 0.6 is 0 Å². The third-order valence-electron chi connectivity index (χ3n) is 5.40. The van der Waals surface area contributed by atoms with E-state index in [9.17, 15) is 9.90 Å². The molecular weight excluding hydrogens is 358 g/mol. The first-order valence-electron chi connectivity index (χ1n) is 9.73. The van der Waals surface area contributed by atoms with Gasteiger partial charge in [0.15, 0.2) is 0 Å². The average Bonchev–Trinajstić information content (AvgIpc) is 3.00. The summed E-state index contributed by atoms with van der Waals surface area (Å²) in [5.74, 6) is 0. The summed E-state index contributed by atoms with van der Waals surface area (Å²) in [7, 11) is 1.68. The third kappa shape index (κ3) is 4.01. The lowest BCUT2D eigenvalue weighted by Crippen LogP contribution is -2.54. The predicted molar refractivity (Wildman–Crippen MR) is 111 cm³/mol. The van der Waals surface area contributed by atoms with Crippen molar-refractivity contribution in [2.24, 2.45) is 0 Å². The SMILES string of the molecule is COCCn1ncc2cc(N)c(N3CCC(N(C(=O)O)C(C)(C)C)CC3)cc21. The number of benzene rings is 1. The number of piperidine rings is 1. The number of hydrogen-bond acceptors (Lipinski definition) is 5. The Morgan fingerprint density at radius 1 is 1.36 bits per heavy atom. The first-order valence-corrected chi connectivity index (χ1v) is 9.73. The van der Waals surface area contributed by atoms with E-state index in [4.69, 9.17) is 10.5 Å². The standard InChI is InChI=1S/C20H31N5O3/c1-20(2,3)25(19(26)27)15-5-7-23(8-6-15)18-12-17-14(11-16(18)21)13-22-24(17)9-10-28-4/h11-13,15H,5-10,21H2,1-4H3,(H,26,27). The van der Waals surface area contributed by atoms with Crippen LogP contribution in [0.15, 0.2) is 18.3 Å². The van der Waals surface area contributed by atoms with E-state index >= 15 is 0 Å². The molecule has 8 nitrogen and oxygen atoms in total. The van der Waals surface area contributed by atoms with Gasteiger partial charge in [0.1, 0.15) is 0 Å². The Balaban J connectivity index is 1.79. The molecule has 0 unspecified atom stereocenters. The van der Waals surface area contributed by atoms with E-state index in [0.29, 0.717) is 13.2 Å². The summed E-state index contributed by atoms with van der Waals surface area (Å²) in [5, 5.41) is 15.1. The van der Waals surface area contributed by atoms with Crippen molar-refractivity contribution in [3.05, 3.63) is 18.3 Å². The topological polar surface area (TPSA) is 96.9 Å². The van der Waals surface area contributed by atoms with Gasteiger partial charge in [-0.05, 0) is 45.7 Å². The molecule has 1 saturated heterocycles. The van der Waals surface area contributed by atoms with E-state index in [-0.39, 0.29) is 6.04 Å². The highest BCUT2D eigenvalue weighted by molar-refractivity contribution is 5.89. The lowest BCUT2D eigenvalue weighted by atomic mass is 9.96. The minimum atomic E-state index is -0.853. The smallest absolute Gasteiger partial charge is 0.407 e. The number of nitrogen functional groups attached to an aromatic ring is 1. The zero-order valence-corrected chi connectivity index (χ0v) is 17.2. The number of aromatic nitrogens is 2. The fourth-order valence-corrected chi connectivity index (χ4v) is 4.12. The Morgan fingerprint density at radius 3 is 2.61 bits per heavy atom. The summed E-state index contributed by atoms with van der Waals surface area (Å²) in [6.07, 6.45) is 2.54. The molecule has 3 rings (SSSR count). The van der Waals surface area contributed by atoms with E-state index in [0.717, 1.165) is 48.2 Å². The fourth-order valence-electron chi connectivity index (χ4n) is 4.12. The van der Waals surface area contributed by atoms with Crippen molar-refractivity contribution < 1.29 is 14.6 Å². The van der Waals surface area contributed by atoms with Crippen molar-refractivity contribution in [2.75, 3.05) is 37.4 Å². The van der Waals surface area contributed by atoms with Crippen LogP contribution in [0.25, 0.3) is 10.9 Å². The quantitative estimate of drug-likeness (QED) is 0.763. The zero-order valence-electron chi connectivity index (χ0n) is 17.2. The van der Waals surface area contributed by atoms with Gasteiger partial charge in [-0.3, -0.25) is 4.68 Å². The van der Waals surface area contributed by atoms with Gasteiger partial charge in [-0.2, -0.15) is 5.10 Å². The number of amides is 1. The molecule has 0 aliphatic carbocycles. The monoisotopic (exact) mass is 389 g/mol. The molecule has 1 aromatic carbocycles. The molecule has 0 radical (unpaired) electrons. The summed E-state index contributed by atoms with van der Waals surface area (Å²) >= 11 is 0. The number of fused-ring (bicyclic) bond motifs is 1. The van der Waals surface area contributed by atoms with Crippen LogP contribution in [0.4, 0.5) is 16.2 Å². The minimum Gasteiger partial charge on any atom is -0.465 e. The molecule has 1 aromatic heterocycles. The number of nitrogens with zero attached hydrogens (tertiary/aromatic N) is 4. The summed E-state index contributed by atoms with van der Waals surface area (Å²) in [6, 6.07) is 4.07. The van der Waals surface area contributed by atoms with Gasteiger partial charge in [-0.25, -0.2) is 4.79 Å². The molecule has 0 saturated carbocycles. The normalized spacial score (nSPS) is 15.9. The predicted octanol–water partition coefficient (Wildman–Crippen LogP) is 3.01. The van der Waals surface area contributed by atoms with Crippen LogP contribution in [0.1, 0.15) is 33.6 Å². The van der Waals surface area contributed by atoms with Gasteiger partial charge >= 0.3 is 6.09 Å². The van der Waals surface area contributed by atoms with Crippen molar-refractivity contribution in [3.8, 4) is 0 Å². The highest BCUT2D eigenvalue weighted by atomic mass is 16.5. The van der Waals surface area contributed by atoms with Gasteiger partial charge in [0.2, 0.25) is 0 Å². The number of hydrogen-bond donors (Lipinski definition) is 2. The second-order valence-electron chi connectivity index (χ2n) is 8.37. The molecule has 2 heterocycles. The number of carboxylic acid groups (broad SMARTS) is 1. The van der Waals surface area contributed by atoms with Gasteiger partial charge in [0, 0.05) is 37.2 Å². The molecule has 1 aliphatic heterocycles. The Morgan fingerprint density at radius 2 is 2.04 bits per heavy atom. The maximum absolute atomic E-state index is 11.8.